The second-order valence-corrected chi connectivity index (χ2v) is 4.05. The molecule has 0 bridgehead atoms. The third-order valence-corrected chi connectivity index (χ3v) is 2.84. The first-order chi connectivity index (χ1) is 5.61. The molecule has 1 aliphatic rings. The van der Waals surface area contributed by atoms with Crippen molar-refractivity contribution >= 4 is 0 Å². The maximum atomic E-state index is 3.55. The summed E-state index contributed by atoms with van der Waals surface area (Å²) in [7, 11) is 4.59. The number of nitrogens with one attached hydrogen (secondary N) is 1. The molecular formula is C9H22N3+. The molecule has 1 atom stereocenters. The van der Waals surface area contributed by atoms with Crippen LogP contribution in [-0.4, -0.2) is 55.9 Å². The molecule has 1 unspecified atom stereocenters. The van der Waals surface area contributed by atoms with Gasteiger partial charge in [0, 0.05) is 13.1 Å². The molecule has 1 aliphatic heterocycles. The summed E-state index contributed by atoms with van der Waals surface area (Å²) in [4.78, 5) is 2.48. The molecule has 0 aliphatic carbocycles. The summed E-state index contributed by atoms with van der Waals surface area (Å²) in [6.07, 6.45) is 0.528. The van der Waals surface area contributed by atoms with Gasteiger partial charge in [-0.15, -0.1) is 0 Å². The van der Waals surface area contributed by atoms with Crippen molar-refractivity contribution in [1.82, 2.24) is 10.2 Å². The van der Waals surface area contributed by atoms with Gasteiger partial charge in [-0.25, -0.2) is 10.2 Å². The van der Waals surface area contributed by atoms with E-state index in [1.54, 1.807) is 0 Å². The predicted octanol–water partition coefficient (Wildman–Crippen LogP) is 0.291. The first kappa shape index (κ1) is 9.96. The van der Waals surface area contributed by atoms with E-state index >= 15 is 0 Å². The summed E-state index contributed by atoms with van der Waals surface area (Å²) in [5.74, 6) is 0. The zero-order valence-corrected chi connectivity index (χ0v) is 8.80. The van der Waals surface area contributed by atoms with Crippen LogP contribution in [0.2, 0.25) is 0 Å². The van der Waals surface area contributed by atoms with Crippen LogP contribution in [0.5, 0.6) is 0 Å². The number of hydrogen-bond acceptors (Lipinski definition) is 2. The minimum absolute atomic E-state index is 0.528. The molecule has 0 aromatic heterocycles. The summed E-state index contributed by atoms with van der Waals surface area (Å²) in [5.41, 5.74) is 0. The zero-order chi connectivity index (χ0) is 9.19. The Bertz CT molecular complexity index is 141. The number of likely N-dealkylation sites (N-methyl/N-ethyl adjacent to an activating group) is 1. The van der Waals surface area contributed by atoms with Gasteiger partial charge >= 0.3 is 0 Å². The topological polar surface area (TPSA) is 15.3 Å². The molecule has 12 heavy (non-hydrogen) atoms. The second-order valence-electron chi connectivity index (χ2n) is 4.05. The lowest BCUT2D eigenvalue weighted by molar-refractivity contribution is -0.915. The van der Waals surface area contributed by atoms with Gasteiger partial charge in [0.15, 0.2) is 0 Å². The largest absolute Gasteiger partial charge is 0.299 e. The Hall–Kier alpha value is -0.120. The smallest absolute Gasteiger partial charge is 0.202 e. The van der Waals surface area contributed by atoms with Crippen molar-refractivity contribution in [3.05, 3.63) is 0 Å². The molecule has 0 saturated carbocycles. The molecule has 1 rings (SSSR count). The van der Waals surface area contributed by atoms with Crippen molar-refractivity contribution in [1.29, 1.82) is 0 Å². The Morgan fingerprint density at radius 3 is 2.25 bits per heavy atom. The molecule has 72 valence electrons. The lowest BCUT2D eigenvalue weighted by atomic mass is 10.4. The van der Waals surface area contributed by atoms with Gasteiger partial charge in [-0.05, 0) is 0 Å². The van der Waals surface area contributed by atoms with Crippen LogP contribution in [0.25, 0.3) is 0 Å². The Morgan fingerprint density at radius 1 is 1.33 bits per heavy atom. The Labute approximate surface area is 75.9 Å². The fourth-order valence-electron chi connectivity index (χ4n) is 1.99. The van der Waals surface area contributed by atoms with E-state index in [0.717, 1.165) is 24.1 Å². The standard InChI is InChI=1S/C9H22N3/c1-5-11(6-2)9-10-7-8-12(9,3)4/h9-10H,5-8H2,1-4H3/q+1. The van der Waals surface area contributed by atoms with Gasteiger partial charge in [-0.1, -0.05) is 13.8 Å². The highest BCUT2D eigenvalue weighted by molar-refractivity contribution is 4.64. The van der Waals surface area contributed by atoms with E-state index in [2.05, 4.69) is 38.2 Å². The molecule has 0 radical (unpaired) electrons. The van der Waals surface area contributed by atoms with Crippen LogP contribution in [0.4, 0.5) is 0 Å². The van der Waals surface area contributed by atoms with Crippen molar-refractivity contribution in [3.63, 3.8) is 0 Å². The second kappa shape index (κ2) is 3.73. The molecule has 0 spiro atoms. The van der Waals surface area contributed by atoms with Crippen molar-refractivity contribution in [3.8, 4) is 0 Å². The van der Waals surface area contributed by atoms with Crippen LogP contribution in [0, 0.1) is 0 Å². The van der Waals surface area contributed by atoms with Crippen molar-refractivity contribution < 1.29 is 4.48 Å². The third-order valence-electron chi connectivity index (χ3n) is 2.84. The molecule has 1 heterocycles. The average molecular weight is 172 g/mol. The molecule has 3 heteroatoms. The molecule has 3 nitrogen and oxygen atoms in total. The van der Waals surface area contributed by atoms with Crippen molar-refractivity contribution in [2.24, 2.45) is 0 Å². The van der Waals surface area contributed by atoms with Gasteiger partial charge < -0.3 is 0 Å². The number of hydrogen-bond donors (Lipinski definition) is 1. The highest BCUT2D eigenvalue weighted by Gasteiger charge is 2.36. The average Bonchev–Trinajstić information content (AvgIpc) is 2.34. The van der Waals surface area contributed by atoms with Crippen LogP contribution in [0.1, 0.15) is 13.8 Å². The lowest BCUT2D eigenvalue weighted by Gasteiger charge is -2.37. The van der Waals surface area contributed by atoms with Crippen LogP contribution in [0.15, 0.2) is 0 Å². The van der Waals surface area contributed by atoms with Crippen LogP contribution in [-0.2, 0) is 0 Å². The van der Waals surface area contributed by atoms with Crippen molar-refractivity contribution in [2.45, 2.75) is 20.1 Å². The minimum atomic E-state index is 0.528. The van der Waals surface area contributed by atoms with E-state index in [9.17, 15) is 0 Å². The summed E-state index contributed by atoms with van der Waals surface area (Å²) in [5, 5.41) is 3.55. The highest BCUT2D eigenvalue weighted by atomic mass is 15.6. The molecular weight excluding hydrogens is 150 g/mol. The zero-order valence-electron chi connectivity index (χ0n) is 8.80. The molecule has 0 amide bonds. The summed E-state index contributed by atoms with van der Waals surface area (Å²) < 4.78 is 1.08. The molecule has 1 N–H and O–H groups in total. The van der Waals surface area contributed by atoms with Gasteiger partial charge in [0.05, 0.1) is 27.2 Å². The third kappa shape index (κ3) is 1.79. The number of quaternary nitrogens is 1. The van der Waals surface area contributed by atoms with Crippen LogP contribution in [0.3, 0.4) is 0 Å². The van der Waals surface area contributed by atoms with E-state index in [1.807, 2.05) is 0 Å². The SMILES string of the molecule is CCN(CC)C1NCC[N+]1(C)C. The van der Waals surface area contributed by atoms with E-state index in [0.29, 0.717) is 6.29 Å². The van der Waals surface area contributed by atoms with Crippen LogP contribution >= 0.6 is 0 Å². The Kier molecular flexibility index (Phi) is 3.09. The van der Waals surface area contributed by atoms with Gasteiger partial charge in [0.25, 0.3) is 0 Å². The minimum Gasteiger partial charge on any atom is -0.299 e. The summed E-state index contributed by atoms with van der Waals surface area (Å²) in [6, 6.07) is 0. The first-order valence-electron chi connectivity index (χ1n) is 4.92. The van der Waals surface area contributed by atoms with E-state index in [4.69, 9.17) is 0 Å². The van der Waals surface area contributed by atoms with Crippen LogP contribution < -0.4 is 5.32 Å². The molecule has 0 aromatic rings. The highest BCUT2D eigenvalue weighted by Crippen LogP contribution is 2.13. The monoisotopic (exact) mass is 172 g/mol. The number of rotatable bonds is 3. The fraction of sp³-hybridized carbons (Fsp3) is 1.00. The first-order valence-corrected chi connectivity index (χ1v) is 4.92. The van der Waals surface area contributed by atoms with Gasteiger partial charge in [0.2, 0.25) is 6.29 Å². The fourth-order valence-corrected chi connectivity index (χ4v) is 1.99. The number of nitrogens with zero attached hydrogens (tertiary/aromatic N) is 2. The molecule has 0 aromatic carbocycles. The van der Waals surface area contributed by atoms with Gasteiger partial charge in [0.1, 0.15) is 0 Å². The Balaban J connectivity index is 2.60. The Morgan fingerprint density at radius 2 is 1.92 bits per heavy atom. The van der Waals surface area contributed by atoms with E-state index < -0.39 is 0 Å². The quantitative estimate of drug-likeness (QED) is 0.616. The van der Waals surface area contributed by atoms with Crippen molar-refractivity contribution in [2.75, 3.05) is 40.3 Å². The molecule has 1 saturated heterocycles. The van der Waals surface area contributed by atoms with E-state index in [1.165, 1.54) is 6.54 Å². The van der Waals surface area contributed by atoms with Gasteiger partial charge in [-0.3, -0.25) is 4.48 Å². The maximum absolute atomic E-state index is 3.55. The predicted molar refractivity (Wildman–Crippen MR) is 51.7 cm³/mol. The maximum Gasteiger partial charge on any atom is 0.202 e. The molecule has 1 fully saturated rings. The van der Waals surface area contributed by atoms with Gasteiger partial charge in [-0.2, -0.15) is 0 Å². The summed E-state index contributed by atoms with van der Waals surface area (Å²) >= 11 is 0. The van der Waals surface area contributed by atoms with E-state index in [-0.39, 0.29) is 0 Å². The lowest BCUT2D eigenvalue weighted by Crippen LogP contribution is -2.57. The summed E-state index contributed by atoms with van der Waals surface area (Å²) in [6.45, 7) is 9.11. The normalized spacial score (nSPS) is 28.2.